The lowest BCUT2D eigenvalue weighted by Crippen LogP contribution is -2.16. The summed E-state index contributed by atoms with van der Waals surface area (Å²) in [4.78, 5) is 52.5. The summed E-state index contributed by atoms with van der Waals surface area (Å²) in [6.45, 7) is -0.151. The van der Waals surface area contributed by atoms with Gasteiger partial charge in [0.15, 0.2) is 11.5 Å². The molecule has 9 nitrogen and oxygen atoms in total. The lowest BCUT2D eigenvalue weighted by Gasteiger charge is -2.16. The molecule has 0 aliphatic heterocycles. The summed E-state index contributed by atoms with van der Waals surface area (Å²) in [5.41, 5.74) is 0.962. The zero-order valence-corrected chi connectivity index (χ0v) is 23.0. The van der Waals surface area contributed by atoms with E-state index < -0.39 is 29.6 Å². The Balaban J connectivity index is 1.55. The van der Waals surface area contributed by atoms with Crippen molar-refractivity contribution in [2.24, 2.45) is 0 Å². The molecule has 0 heterocycles. The number of benzene rings is 5. The Morgan fingerprint density at radius 2 is 0.886 bits per heavy atom. The van der Waals surface area contributed by atoms with Crippen molar-refractivity contribution in [3.8, 4) is 23.0 Å². The maximum atomic E-state index is 13.2. The quantitative estimate of drug-likeness (QED) is 0.154. The minimum absolute atomic E-state index is 0.0514. The highest BCUT2D eigenvalue weighted by atomic mass is 16.6. The van der Waals surface area contributed by atoms with E-state index >= 15 is 0 Å². The fourth-order valence-corrected chi connectivity index (χ4v) is 3.96. The van der Waals surface area contributed by atoms with Gasteiger partial charge in [-0.05, 0) is 66.2 Å². The number of hydrogen-bond acceptors (Lipinski definition) is 9. The first kappa shape index (κ1) is 29.3. The highest BCUT2D eigenvalue weighted by Crippen LogP contribution is 2.41. The molecule has 0 saturated heterocycles. The van der Waals surface area contributed by atoms with E-state index in [0.717, 1.165) is 12.1 Å². The van der Waals surface area contributed by atoms with E-state index in [4.69, 9.17) is 18.9 Å². The monoisotopic (exact) mass is 588 g/mol. The van der Waals surface area contributed by atoms with Crippen LogP contribution < -0.4 is 14.2 Å². The zero-order valence-electron chi connectivity index (χ0n) is 23.0. The second kappa shape index (κ2) is 13.6. The molecule has 0 aromatic heterocycles. The number of hydrogen-bond donors (Lipinski definition) is 1. The van der Waals surface area contributed by atoms with Gasteiger partial charge in [0.25, 0.3) is 0 Å². The molecular formula is C35H24O9. The Morgan fingerprint density at radius 3 is 1.32 bits per heavy atom. The van der Waals surface area contributed by atoms with Crippen molar-refractivity contribution in [2.75, 3.05) is 0 Å². The largest absolute Gasteiger partial charge is 0.508 e. The molecule has 0 fully saturated rings. The normalized spacial score (nSPS) is 10.4. The maximum Gasteiger partial charge on any atom is 0.343 e. The van der Waals surface area contributed by atoms with Crippen LogP contribution in [-0.2, 0) is 11.3 Å². The van der Waals surface area contributed by atoms with Gasteiger partial charge in [-0.15, -0.1) is 0 Å². The van der Waals surface area contributed by atoms with Gasteiger partial charge in [-0.2, -0.15) is 0 Å². The lowest BCUT2D eigenvalue weighted by atomic mass is 10.1. The standard InChI is InChI=1S/C35H24O9/c36-28-18-16-23(17-19-28)22-41-32(37)27-20-29(42-33(38)24-10-4-1-5-11-24)31(44-35(40)26-14-8-3-9-15-26)30(21-27)43-34(39)25-12-6-2-7-13-25/h1-21,36H,22H2. The number of carbonyl (C=O) groups excluding carboxylic acids is 4. The van der Waals surface area contributed by atoms with Gasteiger partial charge in [0.1, 0.15) is 12.4 Å². The third-order valence-electron chi connectivity index (χ3n) is 6.19. The van der Waals surface area contributed by atoms with E-state index in [2.05, 4.69) is 0 Å². The number of carbonyl (C=O) groups is 4. The van der Waals surface area contributed by atoms with Gasteiger partial charge in [0, 0.05) is 0 Å². The predicted octanol–water partition coefficient (Wildman–Crippen LogP) is 6.41. The van der Waals surface area contributed by atoms with Crippen LogP contribution in [0.1, 0.15) is 47.0 Å². The zero-order chi connectivity index (χ0) is 30.9. The average molecular weight is 589 g/mol. The molecule has 0 aliphatic carbocycles. The molecule has 5 aromatic rings. The third-order valence-corrected chi connectivity index (χ3v) is 6.19. The van der Waals surface area contributed by atoms with Gasteiger partial charge < -0.3 is 24.1 Å². The number of ether oxygens (including phenoxy) is 4. The van der Waals surface area contributed by atoms with Crippen molar-refractivity contribution in [3.05, 3.63) is 155 Å². The first-order valence-corrected chi connectivity index (χ1v) is 13.3. The van der Waals surface area contributed by atoms with Crippen molar-refractivity contribution in [2.45, 2.75) is 6.61 Å². The summed E-state index contributed by atoms with van der Waals surface area (Å²) in [5.74, 6) is -4.40. The number of phenols is 1. The molecular weight excluding hydrogens is 564 g/mol. The van der Waals surface area contributed by atoms with E-state index in [0.29, 0.717) is 5.56 Å². The summed E-state index contributed by atoms with van der Waals surface area (Å²) in [6, 6.07) is 32.4. The van der Waals surface area contributed by atoms with Crippen LogP contribution in [0, 0.1) is 0 Å². The van der Waals surface area contributed by atoms with Gasteiger partial charge in [-0.3, -0.25) is 0 Å². The Morgan fingerprint density at radius 1 is 0.477 bits per heavy atom. The van der Waals surface area contributed by atoms with Crippen LogP contribution in [0.15, 0.2) is 127 Å². The molecule has 0 spiro atoms. The minimum Gasteiger partial charge on any atom is -0.508 e. The van der Waals surface area contributed by atoms with Gasteiger partial charge in [0.2, 0.25) is 5.75 Å². The SMILES string of the molecule is O=C(OCc1ccc(O)cc1)c1cc(OC(=O)c2ccccc2)c(OC(=O)c2ccccc2)c(OC(=O)c2ccccc2)c1. The topological polar surface area (TPSA) is 125 Å². The molecule has 0 atom stereocenters. The highest BCUT2D eigenvalue weighted by molar-refractivity contribution is 5.97. The van der Waals surface area contributed by atoms with E-state index in [1.807, 2.05) is 0 Å². The Labute approximate surface area is 251 Å². The predicted molar refractivity (Wildman–Crippen MR) is 158 cm³/mol. The van der Waals surface area contributed by atoms with E-state index in [1.54, 1.807) is 66.7 Å². The molecule has 0 saturated carbocycles. The second-order valence-electron chi connectivity index (χ2n) is 9.31. The Hall–Kier alpha value is -6.22. The fraction of sp³-hybridized carbons (Fsp3) is 0.0286. The van der Waals surface area contributed by atoms with E-state index in [1.165, 1.54) is 48.5 Å². The molecule has 218 valence electrons. The minimum atomic E-state index is -0.854. The van der Waals surface area contributed by atoms with Crippen molar-refractivity contribution in [1.82, 2.24) is 0 Å². The molecule has 0 aliphatic rings. The number of rotatable bonds is 9. The smallest absolute Gasteiger partial charge is 0.343 e. The van der Waals surface area contributed by atoms with Crippen LogP contribution in [0.4, 0.5) is 0 Å². The molecule has 0 radical (unpaired) electrons. The van der Waals surface area contributed by atoms with Gasteiger partial charge in [-0.1, -0.05) is 66.7 Å². The molecule has 9 heteroatoms. The summed E-state index contributed by atoms with van der Waals surface area (Å²) in [5, 5.41) is 9.52. The van der Waals surface area contributed by atoms with E-state index in [9.17, 15) is 24.3 Å². The van der Waals surface area contributed by atoms with Gasteiger partial charge >= 0.3 is 23.9 Å². The lowest BCUT2D eigenvalue weighted by molar-refractivity contribution is 0.0469. The van der Waals surface area contributed by atoms with Crippen molar-refractivity contribution < 1.29 is 43.2 Å². The van der Waals surface area contributed by atoms with E-state index in [-0.39, 0.29) is 46.1 Å². The summed E-state index contributed by atoms with van der Waals surface area (Å²) in [7, 11) is 0. The number of aromatic hydroxyl groups is 1. The Kier molecular flexibility index (Phi) is 9.07. The molecule has 0 amide bonds. The molecule has 5 aromatic carbocycles. The average Bonchev–Trinajstić information content (AvgIpc) is 3.06. The fourth-order valence-electron chi connectivity index (χ4n) is 3.96. The van der Waals surface area contributed by atoms with Crippen molar-refractivity contribution >= 4 is 23.9 Å². The van der Waals surface area contributed by atoms with Crippen LogP contribution >= 0.6 is 0 Å². The highest BCUT2D eigenvalue weighted by Gasteiger charge is 2.26. The van der Waals surface area contributed by atoms with Crippen LogP contribution in [-0.4, -0.2) is 29.0 Å². The first-order chi connectivity index (χ1) is 21.4. The van der Waals surface area contributed by atoms with Crippen LogP contribution in [0.3, 0.4) is 0 Å². The summed E-state index contributed by atoms with van der Waals surface area (Å²) >= 11 is 0. The molecule has 5 rings (SSSR count). The van der Waals surface area contributed by atoms with Crippen LogP contribution in [0.25, 0.3) is 0 Å². The third kappa shape index (κ3) is 7.34. The number of esters is 4. The molecule has 44 heavy (non-hydrogen) atoms. The summed E-state index contributed by atoms with van der Waals surface area (Å²) < 4.78 is 22.3. The van der Waals surface area contributed by atoms with Crippen molar-refractivity contribution in [3.63, 3.8) is 0 Å². The van der Waals surface area contributed by atoms with Gasteiger partial charge in [0.05, 0.1) is 22.3 Å². The second-order valence-corrected chi connectivity index (χ2v) is 9.31. The number of phenolic OH excluding ortho intramolecular Hbond substituents is 1. The summed E-state index contributed by atoms with van der Waals surface area (Å²) in [6.07, 6.45) is 0. The Bertz CT molecular complexity index is 1710. The van der Waals surface area contributed by atoms with Crippen LogP contribution in [0.5, 0.6) is 23.0 Å². The molecule has 0 unspecified atom stereocenters. The maximum absolute atomic E-state index is 13.2. The first-order valence-electron chi connectivity index (χ1n) is 13.3. The molecule has 1 N–H and O–H groups in total. The van der Waals surface area contributed by atoms with Gasteiger partial charge in [-0.25, -0.2) is 19.2 Å². The van der Waals surface area contributed by atoms with Crippen LogP contribution in [0.2, 0.25) is 0 Å². The van der Waals surface area contributed by atoms with Crippen molar-refractivity contribution in [1.29, 1.82) is 0 Å². The molecule has 0 bridgehead atoms.